The fourth-order valence-electron chi connectivity index (χ4n) is 1.34. The van der Waals surface area contributed by atoms with Gasteiger partial charge in [-0.2, -0.15) is 4.98 Å². The molecule has 0 aliphatic carbocycles. The minimum absolute atomic E-state index is 0.0453. The molecule has 1 aromatic heterocycles. The Bertz CT molecular complexity index is 369. The molecule has 0 spiro atoms. The number of aromatic nitrogens is 1. The molecule has 0 radical (unpaired) electrons. The maximum atomic E-state index is 11.5. The summed E-state index contributed by atoms with van der Waals surface area (Å²) in [5, 5.41) is 5.77. The number of carbonyl (C=O) groups is 1. The zero-order valence-electron chi connectivity index (χ0n) is 10.5. The third-order valence-electron chi connectivity index (χ3n) is 2.12. The first-order valence-corrected chi connectivity index (χ1v) is 5.81. The normalized spacial score (nSPS) is 11.7. The number of amides is 1. The predicted molar refractivity (Wildman–Crippen MR) is 67.2 cm³/mol. The molecule has 0 fully saturated rings. The van der Waals surface area contributed by atoms with Gasteiger partial charge in [0, 0.05) is 12.6 Å². The number of pyridine rings is 1. The van der Waals surface area contributed by atoms with Gasteiger partial charge in [-0.15, -0.1) is 0 Å². The lowest BCUT2D eigenvalue weighted by Crippen LogP contribution is -2.37. The third-order valence-corrected chi connectivity index (χ3v) is 2.12. The molecule has 17 heavy (non-hydrogen) atoms. The van der Waals surface area contributed by atoms with Crippen molar-refractivity contribution in [1.29, 1.82) is 0 Å². The van der Waals surface area contributed by atoms with Crippen molar-refractivity contribution >= 4 is 11.7 Å². The minimum Gasteiger partial charge on any atom is -0.478 e. The predicted octanol–water partition coefficient (Wildman–Crippen LogP) is 1.42. The summed E-state index contributed by atoms with van der Waals surface area (Å²) in [5.41, 5.74) is 0. The third kappa shape index (κ3) is 4.30. The monoisotopic (exact) mass is 237 g/mol. The van der Waals surface area contributed by atoms with Crippen LogP contribution >= 0.6 is 0 Å². The molecule has 1 amide bonds. The summed E-state index contributed by atoms with van der Waals surface area (Å²) in [6.45, 7) is 6.78. The number of hydrogen-bond donors (Lipinski definition) is 2. The minimum atomic E-state index is -0.320. The molecule has 1 aromatic rings. The topological polar surface area (TPSA) is 63.2 Å². The van der Waals surface area contributed by atoms with Crippen LogP contribution in [0.15, 0.2) is 18.2 Å². The Morgan fingerprint density at radius 1 is 1.47 bits per heavy atom. The van der Waals surface area contributed by atoms with E-state index in [2.05, 4.69) is 15.6 Å². The number of hydrogen-bond acceptors (Lipinski definition) is 4. The van der Waals surface area contributed by atoms with E-state index in [1.165, 1.54) is 0 Å². The molecule has 0 aromatic carbocycles. The van der Waals surface area contributed by atoms with Gasteiger partial charge in [0.1, 0.15) is 11.9 Å². The number of anilines is 1. The van der Waals surface area contributed by atoms with E-state index in [0.717, 1.165) is 0 Å². The Hall–Kier alpha value is -1.78. The molecule has 1 heterocycles. The van der Waals surface area contributed by atoms with E-state index < -0.39 is 0 Å². The Labute approximate surface area is 102 Å². The van der Waals surface area contributed by atoms with Crippen molar-refractivity contribution in [2.24, 2.45) is 0 Å². The van der Waals surface area contributed by atoms with E-state index in [1.54, 1.807) is 19.1 Å². The van der Waals surface area contributed by atoms with Crippen molar-refractivity contribution in [3.63, 3.8) is 0 Å². The van der Waals surface area contributed by atoms with E-state index in [9.17, 15) is 4.79 Å². The van der Waals surface area contributed by atoms with Crippen LogP contribution in [0.4, 0.5) is 5.82 Å². The Balaban J connectivity index is 2.61. The average Bonchev–Trinajstić information content (AvgIpc) is 2.30. The second kappa shape index (κ2) is 6.73. The van der Waals surface area contributed by atoms with Gasteiger partial charge in [0.15, 0.2) is 0 Å². The van der Waals surface area contributed by atoms with Gasteiger partial charge in [-0.05, 0) is 26.8 Å². The standard InChI is InChI=1S/C12H19N3O2/c1-4-13-12(16)9(3)14-10-7-6-8-11(15-10)17-5-2/h6-9H,4-5H2,1-3H3,(H,13,16)(H,14,15). The van der Waals surface area contributed by atoms with Crippen molar-refractivity contribution in [1.82, 2.24) is 10.3 Å². The first-order chi connectivity index (χ1) is 8.17. The fraction of sp³-hybridized carbons (Fsp3) is 0.500. The molecule has 0 aliphatic heterocycles. The Morgan fingerprint density at radius 2 is 2.24 bits per heavy atom. The lowest BCUT2D eigenvalue weighted by Gasteiger charge is -2.14. The quantitative estimate of drug-likeness (QED) is 0.785. The van der Waals surface area contributed by atoms with E-state index in [0.29, 0.717) is 24.8 Å². The largest absolute Gasteiger partial charge is 0.478 e. The van der Waals surface area contributed by atoms with Crippen LogP contribution in [-0.2, 0) is 4.79 Å². The zero-order valence-corrected chi connectivity index (χ0v) is 10.5. The zero-order chi connectivity index (χ0) is 12.7. The molecule has 1 rings (SSSR count). The molecule has 94 valence electrons. The van der Waals surface area contributed by atoms with Crippen LogP contribution in [0.25, 0.3) is 0 Å². The Kier molecular flexibility index (Phi) is 5.26. The van der Waals surface area contributed by atoms with Crippen molar-refractivity contribution in [2.45, 2.75) is 26.8 Å². The summed E-state index contributed by atoms with van der Waals surface area (Å²) in [6, 6.07) is 5.11. The van der Waals surface area contributed by atoms with Crippen molar-refractivity contribution < 1.29 is 9.53 Å². The van der Waals surface area contributed by atoms with Crippen LogP contribution in [0.5, 0.6) is 5.88 Å². The summed E-state index contributed by atoms with van der Waals surface area (Å²) >= 11 is 0. The highest BCUT2D eigenvalue weighted by Gasteiger charge is 2.11. The van der Waals surface area contributed by atoms with Gasteiger partial charge >= 0.3 is 0 Å². The summed E-state index contributed by atoms with van der Waals surface area (Å²) in [4.78, 5) is 15.8. The number of carbonyl (C=O) groups excluding carboxylic acids is 1. The highest BCUT2D eigenvalue weighted by Crippen LogP contribution is 2.12. The molecule has 0 aliphatic rings. The van der Waals surface area contributed by atoms with Gasteiger partial charge in [0.05, 0.1) is 6.61 Å². The van der Waals surface area contributed by atoms with Crippen LogP contribution in [0.2, 0.25) is 0 Å². The highest BCUT2D eigenvalue weighted by atomic mass is 16.5. The van der Waals surface area contributed by atoms with Crippen molar-refractivity contribution in [3.05, 3.63) is 18.2 Å². The van der Waals surface area contributed by atoms with Crippen LogP contribution in [0, 0.1) is 0 Å². The van der Waals surface area contributed by atoms with Gasteiger partial charge < -0.3 is 15.4 Å². The Morgan fingerprint density at radius 3 is 2.88 bits per heavy atom. The second-order valence-electron chi connectivity index (χ2n) is 3.55. The number of nitrogens with zero attached hydrogens (tertiary/aromatic N) is 1. The summed E-state index contributed by atoms with van der Waals surface area (Å²) < 4.78 is 5.28. The lowest BCUT2D eigenvalue weighted by molar-refractivity contribution is -0.121. The maximum Gasteiger partial charge on any atom is 0.242 e. The van der Waals surface area contributed by atoms with Crippen LogP contribution < -0.4 is 15.4 Å². The van der Waals surface area contributed by atoms with Crippen LogP contribution in [0.3, 0.4) is 0 Å². The fourth-order valence-corrected chi connectivity index (χ4v) is 1.34. The molecule has 0 bridgehead atoms. The van der Waals surface area contributed by atoms with Crippen LogP contribution in [-0.4, -0.2) is 30.1 Å². The molecular weight excluding hydrogens is 218 g/mol. The number of ether oxygens (including phenoxy) is 1. The van der Waals surface area contributed by atoms with Gasteiger partial charge in [-0.1, -0.05) is 6.07 Å². The molecule has 5 nitrogen and oxygen atoms in total. The van der Waals surface area contributed by atoms with E-state index in [4.69, 9.17) is 4.74 Å². The van der Waals surface area contributed by atoms with Crippen LogP contribution in [0.1, 0.15) is 20.8 Å². The molecule has 2 N–H and O–H groups in total. The molecule has 1 unspecified atom stereocenters. The van der Waals surface area contributed by atoms with Gasteiger partial charge in [-0.25, -0.2) is 0 Å². The second-order valence-corrected chi connectivity index (χ2v) is 3.55. The molecule has 0 saturated heterocycles. The summed E-state index contributed by atoms with van der Waals surface area (Å²) in [5.74, 6) is 1.14. The van der Waals surface area contributed by atoms with Gasteiger partial charge in [-0.3, -0.25) is 4.79 Å². The first kappa shape index (κ1) is 13.3. The van der Waals surface area contributed by atoms with Gasteiger partial charge in [0.25, 0.3) is 0 Å². The van der Waals surface area contributed by atoms with E-state index >= 15 is 0 Å². The lowest BCUT2D eigenvalue weighted by atomic mass is 10.3. The molecule has 5 heteroatoms. The summed E-state index contributed by atoms with van der Waals surface area (Å²) in [6.07, 6.45) is 0. The first-order valence-electron chi connectivity index (χ1n) is 5.81. The number of likely N-dealkylation sites (N-methyl/N-ethyl adjacent to an activating group) is 1. The smallest absolute Gasteiger partial charge is 0.242 e. The maximum absolute atomic E-state index is 11.5. The molecule has 0 saturated carbocycles. The summed E-state index contributed by atoms with van der Waals surface area (Å²) in [7, 11) is 0. The SMILES string of the molecule is CCNC(=O)C(C)Nc1cccc(OCC)n1. The number of rotatable bonds is 6. The average molecular weight is 237 g/mol. The van der Waals surface area contributed by atoms with E-state index in [-0.39, 0.29) is 11.9 Å². The molecule has 1 atom stereocenters. The molecular formula is C12H19N3O2. The highest BCUT2D eigenvalue weighted by molar-refractivity contribution is 5.83. The van der Waals surface area contributed by atoms with Crippen molar-refractivity contribution in [3.8, 4) is 5.88 Å². The number of nitrogens with one attached hydrogen (secondary N) is 2. The van der Waals surface area contributed by atoms with E-state index in [1.807, 2.05) is 19.9 Å². The van der Waals surface area contributed by atoms with Gasteiger partial charge in [0.2, 0.25) is 11.8 Å². The van der Waals surface area contributed by atoms with Crippen molar-refractivity contribution in [2.75, 3.05) is 18.5 Å².